The highest BCUT2D eigenvalue weighted by Gasteiger charge is 2.09. The first-order valence-electron chi connectivity index (χ1n) is 2.36. The molecule has 9 heavy (non-hydrogen) atoms. The molecule has 0 aromatic carbocycles. The van der Waals surface area contributed by atoms with E-state index in [9.17, 15) is 14.9 Å². The van der Waals surface area contributed by atoms with Gasteiger partial charge in [-0.2, -0.15) is 0 Å². The highest BCUT2D eigenvalue weighted by Crippen LogP contribution is 1.77. The largest absolute Gasteiger partial charge is 0.343 e. The summed E-state index contributed by atoms with van der Waals surface area (Å²) >= 11 is 0. The molecule has 5 nitrogen and oxygen atoms in total. The Kier molecular flexibility index (Phi) is 2.63. The van der Waals surface area contributed by atoms with E-state index in [0.717, 1.165) is 0 Å². The van der Waals surface area contributed by atoms with Crippen molar-refractivity contribution in [1.29, 1.82) is 0 Å². The first-order chi connectivity index (χ1) is 4.04. The Balaban J connectivity index is 3.64. The van der Waals surface area contributed by atoms with Crippen molar-refractivity contribution in [3.8, 4) is 0 Å². The summed E-state index contributed by atoms with van der Waals surface area (Å²) in [5.74, 6) is -0.486. The Morgan fingerprint density at radius 2 is 2.11 bits per heavy atom. The van der Waals surface area contributed by atoms with Gasteiger partial charge in [-0.05, 0) is 0 Å². The van der Waals surface area contributed by atoms with Gasteiger partial charge in [-0.1, -0.05) is 0 Å². The number of amides is 1. The fourth-order valence-corrected chi connectivity index (χ4v) is 0.252. The molecular formula is C4H8N2O3. The summed E-state index contributed by atoms with van der Waals surface area (Å²) in [6.45, 7) is -0.618. The third-order valence-corrected chi connectivity index (χ3v) is 0.763. The van der Waals surface area contributed by atoms with Gasteiger partial charge in [-0.3, -0.25) is 14.9 Å². The third-order valence-electron chi connectivity index (χ3n) is 0.763. The molecular weight excluding hydrogens is 124 g/mol. The van der Waals surface area contributed by atoms with Crippen LogP contribution in [-0.4, -0.2) is 36.4 Å². The van der Waals surface area contributed by atoms with E-state index in [1.165, 1.54) is 19.0 Å². The van der Waals surface area contributed by atoms with Gasteiger partial charge in [0, 0.05) is 19.0 Å². The fraction of sp³-hybridized carbons (Fsp3) is 0.750. The monoisotopic (exact) mass is 132 g/mol. The molecule has 0 rings (SSSR count). The maximum absolute atomic E-state index is 10.4. The number of nitrogens with zero attached hydrogens (tertiary/aromatic N) is 2. The van der Waals surface area contributed by atoms with Gasteiger partial charge in [0.2, 0.25) is 0 Å². The van der Waals surface area contributed by atoms with Crippen molar-refractivity contribution in [2.24, 2.45) is 0 Å². The van der Waals surface area contributed by atoms with Crippen LogP contribution in [0.5, 0.6) is 0 Å². The number of hydrogen-bond acceptors (Lipinski definition) is 3. The average Bonchev–Trinajstić information content (AvgIpc) is 1.63. The Bertz CT molecular complexity index is 132. The molecule has 0 aliphatic rings. The molecule has 0 atom stereocenters. The van der Waals surface area contributed by atoms with E-state index in [1.54, 1.807) is 0 Å². The normalized spacial score (nSPS) is 8.67. The van der Waals surface area contributed by atoms with Gasteiger partial charge in [-0.15, -0.1) is 0 Å². The van der Waals surface area contributed by atoms with Gasteiger partial charge in [-0.25, -0.2) is 0 Å². The first-order valence-corrected chi connectivity index (χ1v) is 2.36. The minimum absolute atomic E-state index is 0.486. The van der Waals surface area contributed by atoms with Crippen LogP contribution in [0.2, 0.25) is 0 Å². The summed E-state index contributed by atoms with van der Waals surface area (Å²) in [6, 6.07) is 0. The number of rotatable bonds is 2. The number of hydrogen-bond donors (Lipinski definition) is 0. The molecule has 0 fully saturated rings. The quantitative estimate of drug-likeness (QED) is 0.370. The minimum Gasteiger partial charge on any atom is -0.343 e. The van der Waals surface area contributed by atoms with Gasteiger partial charge in [0.15, 0.2) is 0 Å². The van der Waals surface area contributed by atoms with Crippen LogP contribution < -0.4 is 0 Å². The molecule has 0 saturated heterocycles. The molecule has 0 spiro atoms. The van der Waals surface area contributed by atoms with Gasteiger partial charge in [0.25, 0.3) is 12.5 Å². The lowest BCUT2D eigenvalue weighted by atomic mass is 10.6. The molecule has 0 radical (unpaired) electrons. The van der Waals surface area contributed by atoms with Gasteiger partial charge < -0.3 is 4.90 Å². The number of likely N-dealkylation sites (N-methyl/N-ethyl adjacent to an activating group) is 1. The van der Waals surface area contributed by atoms with Crippen LogP contribution in [0.25, 0.3) is 0 Å². The van der Waals surface area contributed by atoms with E-state index in [1.807, 2.05) is 0 Å². The molecule has 52 valence electrons. The second-order valence-corrected chi connectivity index (χ2v) is 1.78. The molecule has 0 aromatic rings. The Labute approximate surface area is 52.4 Å². The van der Waals surface area contributed by atoms with E-state index < -0.39 is 17.4 Å². The molecule has 0 unspecified atom stereocenters. The Morgan fingerprint density at radius 1 is 1.67 bits per heavy atom. The van der Waals surface area contributed by atoms with E-state index in [2.05, 4.69) is 0 Å². The predicted octanol–water partition coefficient (Wildman–Crippen LogP) is -0.649. The van der Waals surface area contributed by atoms with Gasteiger partial charge >= 0.3 is 0 Å². The molecule has 0 aliphatic carbocycles. The zero-order chi connectivity index (χ0) is 7.44. The zero-order valence-electron chi connectivity index (χ0n) is 5.33. The molecule has 0 heterocycles. The Hall–Kier alpha value is -1.13. The van der Waals surface area contributed by atoms with Crippen molar-refractivity contribution in [3.63, 3.8) is 0 Å². The van der Waals surface area contributed by atoms with Crippen LogP contribution in [0.15, 0.2) is 0 Å². The van der Waals surface area contributed by atoms with E-state index >= 15 is 0 Å². The summed E-state index contributed by atoms with van der Waals surface area (Å²) < 4.78 is 0. The van der Waals surface area contributed by atoms with Crippen molar-refractivity contribution in [3.05, 3.63) is 10.1 Å². The van der Waals surface area contributed by atoms with Crippen LogP contribution in [-0.2, 0) is 4.79 Å². The summed E-state index contributed by atoms with van der Waals surface area (Å²) in [5.41, 5.74) is 0. The zero-order valence-corrected chi connectivity index (χ0v) is 5.33. The lowest BCUT2D eigenvalue weighted by Crippen LogP contribution is -2.28. The Morgan fingerprint density at radius 3 is 2.22 bits per heavy atom. The van der Waals surface area contributed by atoms with Crippen molar-refractivity contribution in [1.82, 2.24) is 4.90 Å². The van der Waals surface area contributed by atoms with Crippen molar-refractivity contribution in [2.75, 3.05) is 20.6 Å². The predicted molar refractivity (Wildman–Crippen MR) is 30.6 cm³/mol. The summed E-state index contributed by atoms with van der Waals surface area (Å²) in [7, 11) is 2.96. The average molecular weight is 132 g/mol. The number of carbonyl (C=O) groups is 1. The number of carbonyl (C=O) groups excluding carboxylic acids is 1. The summed E-state index contributed by atoms with van der Waals surface area (Å²) in [4.78, 5) is 20.6. The molecule has 0 aromatic heterocycles. The second kappa shape index (κ2) is 3.01. The topological polar surface area (TPSA) is 63.5 Å². The van der Waals surface area contributed by atoms with E-state index in [4.69, 9.17) is 0 Å². The van der Waals surface area contributed by atoms with Crippen molar-refractivity contribution in [2.45, 2.75) is 0 Å². The first kappa shape index (κ1) is 7.87. The van der Waals surface area contributed by atoms with Crippen molar-refractivity contribution >= 4 is 5.91 Å². The van der Waals surface area contributed by atoms with Crippen molar-refractivity contribution < 1.29 is 9.72 Å². The molecule has 0 bridgehead atoms. The standard InChI is InChI=1S/C4H8N2O3/c1-5(2)4(7)3-6(8)9/h3H2,1-2H3. The second-order valence-electron chi connectivity index (χ2n) is 1.78. The third kappa shape index (κ3) is 3.45. The van der Waals surface area contributed by atoms with Crippen LogP contribution >= 0.6 is 0 Å². The maximum Gasteiger partial charge on any atom is 0.293 e. The van der Waals surface area contributed by atoms with E-state index in [-0.39, 0.29) is 0 Å². The SMILES string of the molecule is CN(C)C(=O)C[N+](=O)[O-]. The summed E-state index contributed by atoms with van der Waals surface area (Å²) in [5, 5.41) is 9.67. The minimum atomic E-state index is -0.650. The highest BCUT2D eigenvalue weighted by atomic mass is 16.6. The summed E-state index contributed by atoms with van der Waals surface area (Å²) in [6.07, 6.45) is 0. The van der Waals surface area contributed by atoms with Crippen LogP contribution in [0.3, 0.4) is 0 Å². The lowest BCUT2D eigenvalue weighted by molar-refractivity contribution is -0.468. The lowest BCUT2D eigenvalue weighted by Gasteiger charge is -2.04. The number of nitro groups is 1. The fourth-order valence-electron chi connectivity index (χ4n) is 0.252. The highest BCUT2D eigenvalue weighted by molar-refractivity contribution is 5.76. The van der Waals surface area contributed by atoms with E-state index in [0.29, 0.717) is 0 Å². The smallest absolute Gasteiger partial charge is 0.293 e. The van der Waals surface area contributed by atoms with Crippen LogP contribution in [0.4, 0.5) is 0 Å². The molecule has 0 aliphatic heterocycles. The molecule has 0 saturated carbocycles. The van der Waals surface area contributed by atoms with Crippen LogP contribution in [0.1, 0.15) is 0 Å². The van der Waals surface area contributed by atoms with Crippen LogP contribution in [0, 0.1) is 10.1 Å². The molecule has 1 amide bonds. The molecule has 5 heteroatoms. The maximum atomic E-state index is 10.4. The van der Waals surface area contributed by atoms with Gasteiger partial charge in [0.1, 0.15) is 0 Å². The van der Waals surface area contributed by atoms with Gasteiger partial charge in [0.05, 0.1) is 0 Å². The molecule has 0 N–H and O–H groups in total.